The Morgan fingerprint density at radius 3 is 2.73 bits per heavy atom. The first kappa shape index (κ1) is 16.1. The molecule has 0 radical (unpaired) electrons. The highest BCUT2D eigenvalue weighted by Crippen LogP contribution is 2.22. The van der Waals surface area contributed by atoms with E-state index in [1.807, 2.05) is 50.2 Å². The first-order valence-corrected chi connectivity index (χ1v) is 7.94. The van der Waals surface area contributed by atoms with Gasteiger partial charge in [-0.1, -0.05) is 48.0 Å². The zero-order valence-corrected chi connectivity index (χ0v) is 13.4. The van der Waals surface area contributed by atoms with Crippen molar-refractivity contribution in [3.8, 4) is 0 Å². The molecule has 2 aromatic rings. The summed E-state index contributed by atoms with van der Waals surface area (Å²) in [5, 5.41) is 3.75. The molecular formula is C17H18N2O2S. The van der Waals surface area contributed by atoms with Gasteiger partial charge in [-0.05, 0) is 30.9 Å². The van der Waals surface area contributed by atoms with Crippen LogP contribution in [-0.2, 0) is 4.84 Å². The monoisotopic (exact) mass is 314 g/mol. The molecule has 0 aliphatic rings. The molecule has 0 aliphatic heterocycles. The van der Waals surface area contributed by atoms with E-state index < -0.39 is 5.97 Å². The van der Waals surface area contributed by atoms with E-state index >= 15 is 0 Å². The minimum atomic E-state index is -0.507. The topological polar surface area (TPSA) is 64.7 Å². The van der Waals surface area contributed by atoms with Crippen molar-refractivity contribution in [3.05, 3.63) is 65.2 Å². The van der Waals surface area contributed by atoms with Crippen LogP contribution in [0.4, 0.5) is 0 Å². The van der Waals surface area contributed by atoms with Gasteiger partial charge in [0.25, 0.3) is 0 Å². The lowest BCUT2D eigenvalue weighted by Gasteiger charge is -2.06. The average molecular weight is 314 g/mol. The van der Waals surface area contributed by atoms with Crippen molar-refractivity contribution < 1.29 is 9.63 Å². The van der Waals surface area contributed by atoms with Crippen molar-refractivity contribution in [2.24, 2.45) is 10.9 Å². The van der Waals surface area contributed by atoms with Gasteiger partial charge in [0.15, 0.2) is 5.84 Å². The zero-order chi connectivity index (χ0) is 15.9. The molecule has 0 bridgehead atoms. The van der Waals surface area contributed by atoms with Gasteiger partial charge in [-0.15, -0.1) is 11.8 Å². The van der Waals surface area contributed by atoms with E-state index in [0.717, 1.165) is 21.8 Å². The minimum absolute atomic E-state index is 0.178. The Morgan fingerprint density at radius 2 is 2.00 bits per heavy atom. The number of oxime groups is 1. The Kier molecular flexibility index (Phi) is 5.61. The second-order valence-electron chi connectivity index (χ2n) is 4.65. The summed E-state index contributed by atoms with van der Waals surface area (Å²) in [6, 6.07) is 14.8. The Balaban J connectivity index is 2.14. The molecule has 0 atom stereocenters. The van der Waals surface area contributed by atoms with Crippen LogP contribution in [0.15, 0.2) is 58.6 Å². The number of thioether (sulfide) groups is 1. The maximum atomic E-state index is 12.1. The van der Waals surface area contributed by atoms with Crippen molar-refractivity contribution in [3.63, 3.8) is 0 Å². The summed E-state index contributed by atoms with van der Waals surface area (Å²) >= 11 is 1.58. The summed E-state index contributed by atoms with van der Waals surface area (Å²) in [4.78, 5) is 18.0. The lowest BCUT2D eigenvalue weighted by atomic mass is 10.1. The van der Waals surface area contributed by atoms with Crippen molar-refractivity contribution >= 4 is 23.6 Å². The predicted molar refractivity (Wildman–Crippen MR) is 90.2 cm³/mol. The predicted octanol–water partition coefficient (Wildman–Crippen LogP) is 3.58. The van der Waals surface area contributed by atoms with E-state index in [0.29, 0.717) is 5.56 Å². The fourth-order valence-corrected chi connectivity index (χ4v) is 2.71. The molecule has 0 aromatic heterocycles. The standard InChI is InChI=1S/C17H18N2O2S/c1-3-22-15-10-5-4-9-14(15)17(20)21-19-16(18)13-8-6-7-12(2)11-13/h4-11H,3H2,1-2H3,(H2,18,19). The van der Waals surface area contributed by atoms with Crippen LogP contribution < -0.4 is 5.73 Å². The highest BCUT2D eigenvalue weighted by molar-refractivity contribution is 7.99. The van der Waals surface area contributed by atoms with Gasteiger partial charge in [-0.25, -0.2) is 4.79 Å². The Morgan fingerprint density at radius 1 is 1.23 bits per heavy atom. The highest BCUT2D eigenvalue weighted by Gasteiger charge is 2.13. The third-order valence-electron chi connectivity index (χ3n) is 2.95. The Labute approximate surface area is 134 Å². The van der Waals surface area contributed by atoms with Crippen LogP contribution in [0.2, 0.25) is 0 Å². The molecule has 22 heavy (non-hydrogen) atoms. The second kappa shape index (κ2) is 7.66. The van der Waals surface area contributed by atoms with Crippen molar-refractivity contribution in [1.82, 2.24) is 0 Å². The lowest BCUT2D eigenvalue weighted by Crippen LogP contribution is -2.15. The molecule has 2 aromatic carbocycles. The molecule has 2 rings (SSSR count). The summed E-state index contributed by atoms with van der Waals surface area (Å²) < 4.78 is 0. The third-order valence-corrected chi connectivity index (χ3v) is 3.90. The SMILES string of the molecule is CCSc1ccccc1C(=O)O/N=C(/N)c1cccc(C)c1. The molecule has 0 unspecified atom stereocenters. The number of carbonyl (C=O) groups excluding carboxylic acids is 1. The third kappa shape index (κ3) is 4.11. The number of carbonyl (C=O) groups is 1. The molecule has 0 saturated carbocycles. The molecular weight excluding hydrogens is 296 g/mol. The maximum absolute atomic E-state index is 12.1. The van der Waals surface area contributed by atoms with Crippen LogP contribution in [0.1, 0.15) is 28.4 Å². The number of aryl methyl sites for hydroxylation is 1. The highest BCUT2D eigenvalue weighted by atomic mass is 32.2. The van der Waals surface area contributed by atoms with Crippen LogP contribution in [0, 0.1) is 6.92 Å². The first-order valence-electron chi connectivity index (χ1n) is 6.95. The summed E-state index contributed by atoms with van der Waals surface area (Å²) in [5.74, 6) is 0.545. The molecule has 0 fully saturated rings. The fraction of sp³-hybridized carbons (Fsp3) is 0.176. The molecule has 0 heterocycles. The summed E-state index contributed by atoms with van der Waals surface area (Å²) in [6.45, 7) is 3.99. The van der Waals surface area contributed by atoms with Gasteiger partial charge in [0, 0.05) is 10.5 Å². The molecule has 114 valence electrons. The van der Waals surface area contributed by atoms with E-state index in [2.05, 4.69) is 5.16 Å². The molecule has 4 nitrogen and oxygen atoms in total. The number of nitrogens with two attached hydrogens (primary N) is 1. The summed E-state index contributed by atoms with van der Waals surface area (Å²) in [5.41, 5.74) is 8.14. The number of nitrogens with zero attached hydrogens (tertiary/aromatic N) is 1. The number of amidine groups is 1. The molecule has 0 spiro atoms. The van der Waals surface area contributed by atoms with Gasteiger partial charge in [0.1, 0.15) is 0 Å². The van der Waals surface area contributed by atoms with E-state index in [1.54, 1.807) is 23.9 Å². The largest absolute Gasteiger partial charge is 0.380 e. The maximum Gasteiger partial charge on any atom is 0.366 e. The molecule has 2 N–H and O–H groups in total. The second-order valence-corrected chi connectivity index (χ2v) is 5.96. The molecule has 0 aliphatic carbocycles. The average Bonchev–Trinajstić information content (AvgIpc) is 2.53. The molecule has 0 saturated heterocycles. The van der Waals surface area contributed by atoms with Gasteiger partial charge in [-0.3, -0.25) is 0 Å². The molecule has 5 heteroatoms. The van der Waals surface area contributed by atoms with Crippen LogP contribution in [0.5, 0.6) is 0 Å². The van der Waals surface area contributed by atoms with Gasteiger partial charge in [-0.2, -0.15) is 0 Å². The van der Waals surface area contributed by atoms with E-state index in [9.17, 15) is 4.79 Å². The summed E-state index contributed by atoms with van der Waals surface area (Å²) in [6.07, 6.45) is 0. The molecule has 0 amide bonds. The number of rotatable bonds is 5. The fourth-order valence-electron chi connectivity index (χ4n) is 1.91. The van der Waals surface area contributed by atoms with Gasteiger partial charge in [0.2, 0.25) is 0 Å². The van der Waals surface area contributed by atoms with Crippen molar-refractivity contribution in [1.29, 1.82) is 0 Å². The van der Waals surface area contributed by atoms with Crippen molar-refractivity contribution in [2.75, 3.05) is 5.75 Å². The summed E-state index contributed by atoms with van der Waals surface area (Å²) in [7, 11) is 0. The van der Waals surface area contributed by atoms with Gasteiger partial charge >= 0.3 is 5.97 Å². The van der Waals surface area contributed by atoms with E-state index in [-0.39, 0.29) is 5.84 Å². The smallest absolute Gasteiger partial charge is 0.366 e. The normalized spacial score (nSPS) is 11.3. The van der Waals surface area contributed by atoms with E-state index in [4.69, 9.17) is 10.6 Å². The first-order chi connectivity index (χ1) is 10.6. The number of benzene rings is 2. The van der Waals surface area contributed by atoms with Crippen LogP contribution >= 0.6 is 11.8 Å². The zero-order valence-electron chi connectivity index (χ0n) is 12.6. The number of hydrogen-bond acceptors (Lipinski definition) is 4. The quantitative estimate of drug-likeness (QED) is 0.301. The van der Waals surface area contributed by atoms with Gasteiger partial charge < -0.3 is 10.6 Å². The van der Waals surface area contributed by atoms with Gasteiger partial charge in [0.05, 0.1) is 5.56 Å². The lowest BCUT2D eigenvalue weighted by molar-refractivity contribution is 0.0512. The van der Waals surface area contributed by atoms with Crippen molar-refractivity contribution in [2.45, 2.75) is 18.7 Å². The van der Waals surface area contributed by atoms with Crippen LogP contribution in [0.3, 0.4) is 0 Å². The van der Waals surface area contributed by atoms with Crippen LogP contribution in [-0.4, -0.2) is 17.6 Å². The van der Waals surface area contributed by atoms with Crippen LogP contribution in [0.25, 0.3) is 0 Å². The Hall–Kier alpha value is -2.27. The minimum Gasteiger partial charge on any atom is -0.380 e. The Bertz CT molecular complexity index is 699. The number of hydrogen-bond donors (Lipinski definition) is 1. The van der Waals surface area contributed by atoms with E-state index in [1.165, 1.54) is 0 Å².